The average Bonchev–Trinajstić information content (AvgIpc) is 3.29. The third-order valence-electron chi connectivity index (χ3n) is 5.32. The van der Waals surface area contributed by atoms with Crippen molar-refractivity contribution in [2.45, 2.75) is 26.1 Å². The molecule has 168 valence electrons. The van der Waals surface area contributed by atoms with Gasteiger partial charge in [0.25, 0.3) is 5.91 Å². The van der Waals surface area contributed by atoms with Crippen LogP contribution in [0.5, 0.6) is 11.5 Å². The molecule has 0 saturated carbocycles. The van der Waals surface area contributed by atoms with E-state index >= 15 is 0 Å². The van der Waals surface area contributed by atoms with Crippen LogP contribution in [-0.4, -0.2) is 50.6 Å². The predicted octanol–water partition coefficient (Wildman–Crippen LogP) is 4.22. The van der Waals surface area contributed by atoms with Gasteiger partial charge in [0, 0.05) is 30.5 Å². The van der Waals surface area contributed by atoms with E-state index in [1.54, 1.807) is 38.5 Å². The van der Waals surface area contributed by atoms with Gasteiger partial charge in [-0.05, 0) is 56.3 Å². The number of carbonyl (C=O) groups excluding carboxylic acids is 1. The summed E-state index contributed by atoms with van der Waals surface area (Å²) in [6.07, 6.45) is 0.366. The molecule has 1 aliphatic heterocycles. The number of morpholine rings is 1. The van der Waals surface area contributed by atoms with Crippen LogP contribution in [0.2, 0.25) is 0 Å². The molecule has 1 saturated heterocycles. The number of carbonyl (C=O) groups is 1. The van der Waals surface area contributed by atoms with Crippen LogP contribution in [0.3, 0.4) is 0 Å². The van der Waals surface area contributed by atoms with Gasteiger partial charge in [-0.25, -0.2) is 0 Å². The van der Waals surface area contributed by atoms with E-state index < -0.39 is 0 Å². The largest absolute Gasteiger partial charge is 0.497 e. The summed E-state index contributed by atoms with van der Waals surface area (Å²) in [5.74, 6) is 1.30. The molecule has 1 fully saturated rings. The smallest absolute Gasteiger partial charge is 0.277 e. The zero-order valence-electron chi connectivity index (χ0n) is 18.6. The van der Waals surface area contributed by atoms with Crippen LogP contribution in [-0.2, 0) is 4.74 Å². The highest BCUT2D eigenvalue weighted by Gasteiger charge is 2.22. The van der Waals surface area contributed by atoms with Gasteiger partial charge < -0.3 is 29.0 Å². The summed E-state index contributed by atoms with van der Waals surface area (Å²) in [6, 6.07) is 14.7. The lowest BCUT2D eigenvalue weighted by Crippen LogP contribution is -2.45. The fraction of sp³-hybridized carbons (Fsp3) is 0.333. The number of rotatable bonds is 6. The van der Waals surface area contributed by atoms with Crippen LogP contribution in [0, 0.1) is 0 Å². The minimum Gasteiger partial charge on any atom is -0.497 e. The molecule has 1 N–H and O–H groups in total. The second-order valence-corrected chi connectivity index (χ2v) is 7.81. The fourth-order valence-corrected chi connectivity index (χ4v) is 3.86. The Balaban J connectivity index is 1.46. The highest BCUT2D eigenvalue weighted by molar-refractivity contribution is 6.03. The lowest BCUT2D eigenvalue weighted by molar-refractivity contribution is -0.00521. The van der Waals surface area contributed by atoms with Crippen molar-refractivity contribution in [2.75, 3.05) is 37.5 Å². The van der Waals surface area contributed by atoms with Crippen LogP contribution in [0.15, 0.2) is 53.1 Å². The highest BCUT2D eigenvalue weighted by Crippen LogP contribution is 2.34. The van der Waals surface area contributed by atoms with Crippen molar-refractivity contribution in [1.29, 1.82) is 0 Å². The quantitative estimate of drug-likeness (QED) is 0.618. The number of aromatic nitrogens is 1. The van der Waals surface area contributed by atoms with Crippen molar-refractivity contribution in [3.63, 3.8) is 0 Å². The van der Waals surface area contributed by atoms with E-state index in [0.717, 1.165) is 18.8 Å². The van der Waals surface area contributed by atoms with Gasteiger partial charge in [-0.2, -0.15) is 0 Å². The van der Waals surface area contributed by atoms with Crippen molar-refractivity contribution < 1.29 is 23.5 Å². The van der Waals surface area contributed by atoms with Gasteiger partial charge in [0.2, 0.25) is 0 Å². The van der Waals surface area contributed by atoms with E-state index in [9.17, 15) is 4.79 Å². The molecule has 0 spiro atoms. The first-order chi connectivity index (χ1) is 15.5. The Kier molecular flexibility index (Phi) is 6.32. The molecule has 8 heteroatoms. The normalized spacial score (nSPS) is 18.3. The second kappa shape index (κ2) is 9.32. The summed E-state index contributed by atoms with van der Waals surface area (Å²) < 4.78 is 21.9. The molecule has 2 unspecified atom stereocenters. The van der Waals surface area contributed by atoms with Gasteiger partial charge in [-0.1, -0.05) is 5.16 Å². The lowest BCUT2D eigenvalue weighted by Gasteiger charge is -2.36. The summed E-state index contributed by atoms with van der Waals surface area (Å²) in [6.45, 7) is 5.83. The number of amides is 1. The minimum absolute atomic E-state index is 0.171. The van der Waals surface area contributed by atoms with Crippen LogP contribution in [0.4, 0.5) is 11.4 Å². The molecule has 32 heavy (non-hydrogen) atoms. The molecule has 8 nitrogen and oxygen atoms in total. The predicted molar refractivity (Wildman–Crippen MR) is 122 cm³/mol. The SMILES string of the molecule is COc1ccc(OC)c(-c2cc(C(=O)Nc3ccc(N4CC(C)OC(C)C4)cc3)no2)c1. The maximum atomic E-state index is 12.7. The molecule has 2 heterocycles. The van der Waals surface area contributed by atoms with Crippen LogP contribution in [0.1, 0.15) is 24.3 Å². The molecule has 4 rings (SSSR count). The number of ether oxygens (including phenoxy) is 3. The molecule has 1 aliphatic rings. The average molecular weight is 437 g/mol. The number of benzene rings is 2. The van der Waals surface area contributed by atoms with Crippen LogP contribution in [0.25, 0.3) is 11.3 Å². The summed E-state index contributed by atoms with van der Waals surface area (Å²) in [4.78, 5) is 15.0. The Labute approximate surface area is 187 Å². The second-order valence-electron chi connectivity index (χ2n) is 7.81. The van der Waals surface area contributed by atoms with Crippen molar-refractivity contribution in [3.8, 4) is 22.8 Å². The Bertz CT molecular complexity index is 1070. The standard InChI is InChI=1S/C24H27N3O5/c1-15-13-27(14-16(2)31-15)18-7-5-17(6-8-18)25-24(28)21-12-23(32-26-21)20-11-19(29-3)9-10-22(20)30-4/h5-12,15-16H,13-14H2,1-4H3,(H,25,28). The molecule has 1 amide bonds. The zero-order valence-corrected chi connectivity index (χ0v) is 18.6. The Hall–Kier alpha value is -3.52. The third-order valence-corrected chi connectivity index (χ3v) is 5.32. The number of nitrogens with one attached hydrogen (secondary N) is 1. The minimum atomic E-state index is -0.358. The van der Waals surface area contributed by atoms with Gasteiger partial charge >= 0.3 is 0 Å². The Morgan fingerprint density at radius 2 is 1.75 bits per heavy atom. The molecule has 2 aromatic carbocycles. The molecule has 0 aliphatic carbocycles. The first-order valence-electron chi connectivity index (χ1n) is 10.5. The number of hydrogen-bond acceptors (Lipinski definition) is 7. The highest BCUT2D eigenvalue weighted by atomic mass is 16.5. The van der Waals surface area contributed by atoms with Gasteiger partial charge in [0.1, 0.15) is 11.5 Å². The molecule has 1 aromatic heterocycles. The van der Waals surface area contributed by atoms with E-state index in [2.05, 4.69) is 29.2 Å². The molecule has 0 bridgehead atoms. The monoisotopic (exact) mass is 437 g/mol. The topological polar surface area (TPSA) is 86.1 Å². The molecule has 3 aromatic rings. The summed E-state index contributed by atoms with van der Waals surface area (Å²) in [7, 11) is 3.15. The van der Waals surface area contributed by atoms with Gasteiger partial charge in [-0.3, -0.25) is 4.79 Å². The molecule has 2 atom stereocenters. The number of methoxy groups -OCH3 is 2. The van der Waals surface area contributed by atoms with E-state index in [1.807, 2.05) is 24.3 Å². The number of nitrogens with zero attached hydrogens (tertiary/aromatic N) is 2. The van der Waals surface area contributed by atoms with Crippen molar-refractivity contribution >= 4 is 17.3 Å². The van der Waals surface area contributed by atoms with Crippen molar-refractivity contribution in [3.05, 3.63) is 54.2 Å². The van der Waals surface area contributed by atoms with E-state index in [4.69, 9.17) is 18.7 Å². The van der Waals surface area contributed by atoms with E-state index in [-0.39, 0.29) is 23.8 Å². The summed E-state index contributed by atoms with van der Waals surface area (Å²) in [5, 5.41) is 6.78. The molecular formula is C24H27N3O5. The first kappa shape index (κ1) is 21.7. The van der Waals surface area contributed by atoms with E-state index in [1.165, 1.54) is 0 Å². The Morgan fingerprint density at radius 3 is 2.41 bits per heavy atom. The molecule has 0 radical (unpaired) electrons. The third kappa shape index (κ3) is 4.70. The fourth-order valence-electron chi connectivity index (χ4n) is 3.86. The number of anilines is 2. The zero-order chi connectivity index (χ0) is 22.7. The maximum Gasteiger partial charge on any atom is 0.277 e. The summed E-state index contributed by atoms with van der Waals surface area (Å²) >= 11 is 0. The van der Waals surface area contributed by atoms with Crippen LogP contribution >= 0.6 is 0 Å². The van der Waals surface area contributed by atoms with Gasteiger partial charge in [-0.15, -0.1) is 0 Å². The first-order valence-corrected chi connectivity index (χ1v) is 10.5. The van der Waals surface area contributed by atoms with Crippen molar-refractivity contribution in [1.82, 2.24) is 5.16 Å². The van der Waals surface area contributed by atoms with Gasteiger partial charge in [0.05, 0.1) is 32.0 Å². The van der Waals surface area contributed by atoms with E-state index in [0.29, 0.717) is 28.5 Å². The van der Waals surface area contributed by atoms with Crippen LogP contribution < -0.4 is 19.7 Å². The summed E-state index contributed by atoms with van der Waals surface area (Å²) in [5.41, 5.74) is 2.59. The number of hydrogen-bond donors (Lipinski definition) is 1. The molecular weight excluding hydrogens is 410 g/mol. The maximum absolute atomic E-state index is 12.7. The Morgan fingerprint density at radius 1 is 1.03 bits per heavy atom. The van der Waals surface area contributed by atoms with Crippen molar-refractivity contribution in [2.24, 2.45) is 0 Å². The van der Waals surface area contributed by atoms with Gasteiger partial charge in [0.15, 0.2) is 11.5 Å². The lowest BCUT2D eigenvalue weighted by atomic mass is 10.1.